The average Bonchev–Trinajstić information content (AvgIpc) is 3.79. The molecule has 1 aliphatic heterocycles. The lowest BCUT2D eigenvalue weighted by Gasteiger charge is -2.32. The molecule has 0 unspecified atom stereocenters. The molecule has 5 nitrogen and oxygen atoms in total. The van der Waals surface area contributed by atoms with E-state index in [-0.39, 0.29) is 17.4 Å². The van der Waals surface area contributed by atoms with Gasteiger partial charge in [-0.15, -0.1) is 0 Å². The van der Waals surface area contributed by atoms with Crippen molar-refractivity contribution in [3.63, 3.8) is 0 Å². The van der Waals surface area contributed by atoms with E-state index in [1.54, 1.807) is 30.3 Å². The topological polar surface area (TPSA) is 68.6 Å². The molecule has 0 spiro atoms. The van der Waals surface area contributed by atoms with Crippen LogP contribution >= 0.6 is 0 Å². The Morgan fingerprint density at radius 1 is 0.975 bits per heavy atom. The highest BCUT2D eigenvalue weighted by atomic mass is 19.3. The maximum atomic E-state index is 13.9. The Kier molecular flexibility index (Phi) is 7.83. The molecule has 208 valence electrons. The number of halogens is 2. The number of hydrogen-bond donors (Lipinski definition) is 2. The van der Waals surface area contributed by atoms with Gasteiger partial charge in [-0.2, -0.15) is 0 Å². The number of carbonyl (C=O) groups excluding carboxylic acids is 1. The number of nitrogens with one attached hydrogen (secondary N) is 2. The molecule has 0 bridgehead atoms. The van der Waals surface area contributed by atoms with Crippen molar-refractivity contribution in [1.82, 2.24) is 4.90 Å². The lowest BCUT2D eigenvalue weighted by molar-refractivity contribution is 0.0175. The van der Waals surface area contributed by atoms with Crippen molar-refractivity contribution in [2.45, 2.75) is 52.4 Å². The molecule has 0 aromatic heterocycles. The summed E-state index contributed by atoms with van der Waals surface area (Å²) >= 11 is 0. The minimum absolute atomic E-state index is 0.0454. The first kappa shape index (κ1) is 27.7. The van der Waals surface area contributed by atoms with Crippen LogP contribution < -0.4 is 5.32 Å². The second kappa shape index (κ2) is 11.3. The van der Waals surface area contributed by atoms with Gasteiger partial charge in [0.1, 0.15) is 0 Å². The highest BCUT2D eigenvalue weighted by Crippen LogP contribution is 2.37. The molecule has 2 N–H and O–H groups in total. The van der Waals surface area contributed by atoms with E-state index in [4.69, 9.17) is 10.4 Å². The predicted molar refractivity (Wildman–Crippen MR) is 158 cm³/mol. The summed E-state index contributed by atoms with van der Waals surface area (Å²) in [6, 6.07) is 19.6. The second-order valence-corrected chi connectivity index (χ2v) is 11.1. The lowest BCUT2D eigenvalue weighted by atomic mass is 9.92. The van der Waals surface area contributed by atoms with Gasteiger partial charge in [0.15, 0.2) is 0 Å². The molecule has 0 radical (unpaired) electrons. The third-order valence-electron chi connectivity index (χ3n) is 7.98. The van der Waals surface area contributed by atoms with E-state index in [1.165, 1.54) is 12.1 Å². The van der Waals surface area contributed by atoms with E-state index in [0.29, 0.717) is 47.2 Å². The number of amides is 1. The molecule has 3 aromatic carbocycles. The average molecular weight is 543 g/mol. The summed E-state index contributed by atoms with van der Waals surface area (Å²) in [5.41, 5.74) is 6.01. The normalized spacial score (nSPS) is 16.6. The Balaban J connectivity index is 1.31. The number of anilines is 2. The first-order chi connectivity index (χ1) is 19.1. The minimum Gasteiger partial charge on any atom is -0.355 e. The number of rotatable bonds is 8. The van der Waals surface area contributed by atoms with Crippen LogP contribution in [-0.4, -0.2) is 35.3 Å². The Hall–Kier alpha value is -3.87. The van der Waals surface area contributed by atoms with Gasteiger partial charge in [-0.05, 0) is 81.5 Å². The van der Waals surface area contributed by atoms with Gasteiger partial charge in [0.05, 0.1) is 5.69 Å². The first-order valence-corrected chi connectivity index (χ1v) is 14.0. The number of aryl methyl sites for hydroxylation is 1. The van der Waals surface area contributed by atoms with Crippen molar-refractivity contribution in [3.05, 3.63) is 89.0 Å². The van der Waals surface area contributed by atoms with Crippen LogP contribution in [0.25, 0.3) is 0 Å². The molecule has 3 aromatic rings. The van der Waals surface area contributed by atoms with Crippen molar-refractivity contribution in [2.24, 2.45) is 16.8 Å². The van der Waals surface area contributed by atoms with Crippen molar-refractivity contribution in [2.75, 3.05) is 18.4 Å². The zero-order valence-electron chi connectivity index (χ0n) is 23.3. The number of likely N-dealkylation sites (tertiary alicyclic amines) is 1. The van der Waals surface area contributed by atoms with Crippen LogP contribution in [0.2, 0.25) is 0 Å². The van der Waals surface area contributed by atoms with E-state index in [0.717, 1.165) is 49.6 Å². The molecule has 1 amide bonds. The number of carbonyl (C=O) groups is 1. The van der Waals surface area contributed by atoms with Crippen molar-refractivity contribution >= 4 is 34.4 Å². The van der Waals surface area contributed by atoms with E-state index < -0.39 is 5.92 Å². The standard InChI is InChI=1S/C33H36F2N4O/c1-21-7-4-5-10-29(21)37-22(2)23-15-17-39(18-16-23)32(40)25-13-14-30(28(19-25)31(36)24-11-12-24)38-27-9-6-8-26(20-27)33(3,34)35/h4-10,13-14,19-20,23-24,36,38H,11-12,15-18H2,1-3H3. The number of nitrogens with zero attached hydrogens (tertiary/aromatic N) is 2. The van der Waals surface area contributed by atoms with Gasteiger partial charge in [0.2, 0.25) is 0 Å². The summed E-state index contributed by atoms with van der Waals surface area (Å²) in [5, 5.41) is 12.0. The number of aliphatic imine (C=N–C) groups is 1. The molecule has 1 saturated carbocycles. The van der Waals surface area contributed by atoms with Gasteiger partial charge in [-0.1, -0.05) is 30.3 Å². The van der Waals surface area contributed by atoms with Crippen LogP contribution in [0.4, 0.5) is 25.8 Å². The minimum atomic E-state index is -2.95. The number of alkyl halides is 2. The number of hydrogen-bond acceptors (Lipinski definition) is 4. The molecular formula is C33H36F2N4O. The Morgan fingerprint density at radius 2 is 1.70 bits per heavy atom. The van der Waals surface area contributed by atoms with Crippen LogP contribution in [0.5, 0.6) is 0 Å². The molecule has 2 fully saturated rings. The fraction of sp³-hybridized carbons (Fsp3) is 0.364. The molecule has 40 heavy (non-hydrogen) atoms. The van der Waals surface area contributed by atoms with E-state index in [9.17, 15) is 13.6 Å². The summed E-state index contributed by atoms with van der Waals surface area (Å²) in [7, 11) is 0. The van der Waals surface area contributed by atoms with Crippen molar-refractivity contribution in [3.8, 4) is 0 Å². The summed E-state index contributed by atoms with van der Waals surface area (Å²) in [4.78, 5) is 20.3. The number of piperidine rings is 1. The molecule has 1 heterocycles. The smallest absolute Gasteiger partial charge is 0.270 e. The third kappa shape index (κ3) is 6.30. The maximum Gasteiger partial charge on any atom is 0.270 e. The fourth-order valence-electron chi connectivity index (χ4n) is 5.28. The predicted octanol–water partition coefficient (Wildman–Crippen LogP) is 8.27. The third-order valence-corrected chi connectivity index (χ3v) is 7.98. The van der Waals surface area contributed by atoms with Crippen molar-refractivity contribution < 1.29 is 13.6 Å². The molecule has 7 heteroatoms. The lowest BCUT2D eigenvalue weighted by Crippen LogP contribution is -2.40. The Labute approximate surface area is 234 Å². The fourth-order valence-corrected chi connectivity index (χ4v) is 5.28. The zero-order valence-corrected chi connectivity index (χ0v) is 23.3. The van der Waals surface area contributed by atoms with Gasteiger partial charge in [-0.3, -0.25) is 9.79 Å². The summed E-state index contributed by atoms with van der Waals surface area (Å²) in [6.45, 7) is 6.32. The molecule has 5 rings (SSSR count). The van der Waals surface area contributed by atoms with Crippen molar-refractivity contribution in [1.29, 1.82) is 5.41 Å². The Bertz CT molecular complexity index is 1450. The molecule has 1 aliphatic carbocycles. The number of benzene rings is 3. The van der Waals surface area contributed by atoms with Gasteiger partial charge >= 0.3 is 0 Å². The largest absolute Gasteiger partial charge is 0.355 e. The van der Waals surface area contributed by atoms with Gasteiger partial charge < -0.3 is 15.6 Å². The Morgan fingerprint density at radius 3 is 2.38 bits per heavy atom. The monoisotopic (exact) mass is 542 g/mol. The van der Waals surface area contributed by atoms with E-state index >= 15 is 0 Å². The molecule has 2 aliphatic rings. The SMILES string of the molecule is CC(=Nc1ccccc1C)C1CCN(C(=O)c2ccc(Nc3cccc(C(C)(F)F)c3)c(C(=N)C3CC3)c2)CC1. The molecule has 1 saturated heterocycles. The summed E-state index contributed by atoms with van der Waals surface area (Å²) in [5.74, 6) is -2.49. The van der Waals surface area contributed by atoms with Crippen LogP contribution in [0.15, 0.2) is 71.7 Å². The summed E-state index contributed by atoms with van der Waals surface area (Å²) in [6.07, 6.45) is 3.61. The quantitative estimate of drug-likeness (QED) is 0.281. The highest BCUT2D eigenvalue weighted by Gasteiger charge is 2.31. The number of para-hydroxylation sites is 1. The highest BCUT2D eigenvalue weighted by molar-refractivity contribution is 6.08. The van der Waals surface area contributed by atoms with Crippen LogP contribution in [-0.2, 0) is 5.92 Å². The molecule has 0 atom stereocenters. The van der Waals surface area contributed by atoms with E-state index in [2.05, 4.69) is 25.2 Å². The second-order valence-electron chi connectivity index (χ2n) is 11.1. The molecular weight excluding hydrogens is 506 g/mol. The van der Waals surface area contributed by atoms with Gasteiger partial charge in [-0.25, -0.2) is 8.78 Å². The van der Waals surface area contributed by atoms with Crippen LogP contribution in [0.3, 0.4) is 0 Å². The summed E-state index contributed by atoms with van der Waals surface area (Å²) < 4.78 is 27.8. The van der Waals surface area contributed by atoms with Crippen LogP contribution in [0, 0.1) is 24.2 Å². The van der Waals surface area contributed by atoms with E-state index in [1.807, 2.05) is 23.1 Å². The first-order valence-electron chi connectivity index (χ1n) is 14.0. The van der Waals surface area contributed by atoms with Gasteiger partial charge in [0, 0.05) is 71.3 Å². The zero-order chi connectivity index (χ0) is 28.4. The van der Waals surface area contributed by atoms with Crippen LogP contribution in [0.1, 0.15) is 66.6 Å². The van der Waals surface area contributed by atoms with Gasteiger partial charge in [0.25, 0.3) is 11.8 Å². The maximum absolute atomic E-state index is 13.9.